The van der Waals surface area contributed by atoms with Gasteiger partial charge in [-0.3, -0.25) is 14.4 Å². The molecule has 0 amide bonds. The lowest BCUT2D eigenvalue weighted by molar-refractivity contribution is 0.0996. The van der Waals surface area contributed by atoms with E-state index in [0.717, 1.165) is 81.5 Å². The van der Waals surface area contributed by atoms with Gasteiger partial charge in [0.2, 0.25) is 0 Å². The SMILES string of the molecule is CC(=O)c1cnc(SCCl)n1C.CC(O)c1c[nH]c(=S)n1C.CC(O)c1cnc(SCCl)n1C.CCSc1ncc(C(C)=O)n1C.CCSc1ncc(C(C)=O)n1C.CCSc1ncc(C(C)O)n1C.CCSc1ncc(C(C)O)n1C.Cn1cc[nH]c1=S. The van der Waals surface area contributed by atoms with Crippen LogP contribution in [0.4, 0.5) is 0 Å². The first-order valence-corrected chi connectivity index (χ1v) is 35.4. The van der Waals surface area contributed by atoms with Crippen molar-refractivity contribution >= 4 is 136 Å². The van der Waals surface area contributed by atoms with E-state index in [-0.39, 0.29) is 17.3 Å². The molecular weight excluding hydrogens is 1340 g/mol. The third-order valence-electron chi connectivity index (χ3n) is 11.9. The number of rotatable bonds is 19. The van der Waals surface area contributed by atoms with Gasteiger partial charge < -0.3 is 66.9 Å². The lowest BCUT2D eigenvalue weighted by Gasteiger charge is -2.06. The number of thioether (sulfide) groups is 6. The molecule has 496 valence electrons. The molecule has 0 aliphatic carbocycles. The number of carbonyl (C=O) groups excluding carboxylic acids is 3. The highest BCUT2D eigenvalue weighted by Gasteiger charge is 2.14. The van der Waals surface area contributed by atoms with E-state index in [1.807, 2.05) is 89.1 Å². The highest BCUT2D eigenvalue weighted by atomic mass is 35.5. The summed E-state index contributed by atoms with van der Waals surface area (Å²) in [5.41, 5.74) is 5.31. The van der Waals surface area contributed by atoms with Gasteiger partial charge in [-0.1, -0.05) is 98.3 Å². The van der Waals surface area contributed by atoms with Crippen LogP contribution in [0.2, 0.25) is 0 Å². The summed E-state index contributed by atoms with van der Waals surface area (Å²) in [5, 5.41) is 43.3. The Bertz CT molecular complexity index is 3210. The monoisotopic (exact) mass is 1420 g/mol. The topological polar surface area (TPSA) is 280 Å². The number of ketones is 3. The molecule has 6 N–H and O–H groups in total. The molecule has 0 spiro atoms. The first-order valence-electron chi connectivity index (χ1n) is 27.6. The minimum Gasteiger partial charge on any atom is -0.387 e. The van der Waals surface area contributed by atoms with Crippen molar-refractivity contribution in [3.63, 3.8) is 0 Å². The number of aromatic amines is 2. The third kappa shape index (κ3) is 27.4. The molecule has 0 fully saturated rings. The van der Waals surface area contributed by atoms with Gasteiger partial charge in [0.25, 0.3) is 0 Å². The maximum atomic E-state index is 11.0. The molecule has 0 saturated heterocycles. The van der Waals surface area contributed by atoms with E-state index in [9.17, 15) is 29.7 Å². The van der Waals surface area contributed by atoms with Gasteiger partial charge in [-0.25, -0.2) is 29.9 Å². The second kappa shape index (κ2) is 43.5. The number of nitrogens with zero attached hydrogens (tertiary/aromatic N) is 14. The lowest BCUT2D eigenvalue weighted by Crippen LogP contribution is -2.02. The summed E-state index contributed by atoms with van der Waals surface area (Å²) in [5.74, 6) is 4.10. The number of halogens is 2. The Balaban J connectivity index is 0.000000510. The molecule has 0 aliphatic rings. The number of H-pyrrole nitrogens is 2. The van der Waals surface area contributed by atoms with Crippen LogP contribution >= 0.6 is 118 Å². The average Bonchev–Trinajstić information content (AvgIpc) is 4.44. The van der Waals surface area contributed by atoms with Crippen LogP contribution in [-0.2, 0) is 56.4 Å². The van der Waals surface area contributed by atoms with Gasteiger partial charge in [0.05, 0.1) is 94.8 Å². The number of alkyl halides is 2. The first-order chi connectivity index (χ1) is 41.9. The molecule has 0 bridgehead atoms. The molecule has 4 atom stereocenters. The summed E-state index contributed by atoms with van der Waals surface area (Å²) in [4.78, 5) is 63.5. The number of imidazole rings is 8. The molecule has 8 rings (SSSR count). The van der Waals surface area contributed by atoms with E-state index >= 15 is 0 Å². The number of aryl methyl sites for hydroxylation is 1. The van der Waals surface area contributed by atoms with Crippen molar-refractivity contribution in [1.82, 2.24) is 76.4 Å². The quantitative estimate of drug-likeness (QED) is 0.0190. The normalized spacial score (nSPS) is 11.8. The second-order valence-corrected chi connectivity index (χ2v) is 27.3. The van der Waals surface area contributed by atoms with Crippen molar-refractivity contribution in [2.45, 2.75) is 132 Å². The fraction of sp³-hybridized carbons (Fsp3) is 0.518. The molecule has 89 heavy (non-hydrogen) atoms. The zero-order valence-electron chi connectivity index (χ0n) is 54.0. The van der Waals surface area contributed by atoms with Gasteiger partial charge in [0.15, 0.2) is 57.8 Å². The molecule has 8 aromatic rings. The maximum absolute atomic E-state index is 11.0. The van der Waals surface area contributed by atoms with Crippen LogP contribution < -0.4 is 0 Å². The smallest absolute Gasteiger partial charge is 0.177 e. The van der Waals surface area contributed by atoms with Gasteiger partial charge >= 0.3 is 0 Å². The number of hydrogen-bond donors (Lipinski definition) is 6. The highest BCUT2D eigenvalue weighted by Crippen LogP contribution is 2.24. The van der Waals surface area contributed by atoms with E-state index in [2.05, 4.69) is 67.6 Å². The van der Waals surface area contributed by atoms with Crippen molar-refractivity contribution < 1.29 is 34.8 Å². The van der Waals surface area contributed by atoms with Crippen molar-refractivity contribution in [3.05, 3.63) is 105 Å². The molecule has 33 heteroatoms. The Hall–Kier alpha value is -4.35. The summed E-state index contributed by atoms with van der Waals surface area (Å²) < 4.78 is 16.1. The Morgan fingerprint density at radius 2 is 0.708 bits per heavy atom. The first kappa shape index (κ1) is 82.7. The fourth-order valence-corrected chi connectivity index (χ4v) is 11.8. The van der Waals surface area contributed by atoms with E-state index < -0.39 is 24.4 Å². The molecule has 8 aromatic heterocycles. The molecule has 0 aromatic carbocycles. The third-order valence-corrected chi connectivity index (χ3v) is 18.5. The van der Waals surface area contributed by atoms with Crippen LogP contribution in [0.15, 0.2) is 86.7 Å². The van der Waals surface area contributed by atoms with E-state index in [1.165, 1.54) is 30.4 Å². The Morgan fingerprint density at radius 3 is 0.876 bits per heavy atom. The zero-order chi connectivity index (χ0) is 67.8. The molecule has 0 aliphatic heterocycles. The van der Waals surface area contributed by atoms with Crippen LogP contribution in [0.25, 0.3) is 0 Å². The summed E-state index contributed by atoms with van der Waals surface area (Å²) in [6, 6.07) is 0. The number of nitrogens with one attached hydrogen (secondary N) is 2. The number of aromatic nitrogens is 16. The molecule has 0 radical (unpaired) electrons. The van der Waals surface area contributed by atoms with Gasteiger partial charge in [-0.2, -0.15) is 0 Å². The van der Waals surface area contributed by atoms with Crippen LogP contribution in [0.3, 0.4) is 0 Å². The summed E-state index contributed by atoms with van der Waals surface area (Å²) in [6.45, 7) is 19.8. The lowest BCUT2D eigenvalue weighted by atomic mass is 10.3. The summed E-state index contributed by atoms with van der Waals surface area (Å²) in [6.07, 6.45) is 13.5. The van der Waals surface area contributed by atoms with Gasteiger partial charge in [-0.05, 0) is 75.1 Å². The van der Waals surface area contributed by atoms with Crippen molar-refractivity contribution in [2.75, 3.05) is 33.4 Å². The van der Waals surface area contributed by atoms with Gasteiger partial charge in [0.1, 0.15) is 17.1 Å². The van der Waals surface area contributed by atoms with Crippen molar-refractivity contribution in [2.24, 2.45) is 56.4 Å². The predicted molar refractivity (Wildman–Crippen MR) is 372 cm³/mol. The highest BCUT2D eigenvalue weighted by molar-refractivity contribution is 8.00. The Labute approximate surface area is 568 Å². The van der Waals surface area contributed by atoms with Crippen LogP contribution in [0.1, 0.15) is 155 Å². The minimum absolute atomic E-state index is 0.0198. The standard InChI is InChI=1S/2C8H14N2OS.2C8H12N2OS.C7H11ClN2OS.C7H9ClN2OS.C6H10N2OS.C4H6N2S/c4*1-4-12-8-9-5-7(6(2)11)10(8)3;2*1-5(11)6-3-9-7(10(6)2)12-4-8;1-4(9)5-3-7-6(10)8(5)2;1-6-3-2-5-4(6)7/h2*5-6,11H,4H2,1-3H3;2*5H,4H2,1-3H3;3,5,11H,4H2,1-2H3;3H,4H2,1-2H3;3-4,9H,1-2H3,(H,7,10);2-3H,1H3,(H,5,7). The van der Waals surface area contributed by atoms with E-state index in [1.54, 1.807) is 148 Å². The Morgan fingerprint density at radius 1 is 0.438 bits per heavy atom. The number of aliphatic hydroxyl groups excluding tert-OH is 4. The number of aliphatic hydroxyl groups is 4. The van der Waals surface area contributed by atoms with Crippen LogP contribution in [0, 0.1) is 9.54 Å². The summed E-state index contributed by atoms with van der Waals surface area (Å²) in [7, 11) is 15.0. The number of hydrogen-bond acceptors (Lipinski definition) is 21. The number of carbonyl (C=O) groups is 3. The van der Waals surface area contributed by atoms with Crippen molar-refractivity contribution in [1.29, 1.82) is 0 Å². The molecule has 4 unspecified atom stereocenters. The number of Topliss-reactive ketones (excluding diaryl/α,β-unsaturated/α-hetero) is 3. The maximum Gasteiger partial charge on any atom is 0.177 e. The largest absolute Gasteiger partial charge is 0.387 e. The molecule has 8 heterocycles. The second-order valence-electron chi connectivity index (χ2n) is 18.6. The summed E-state index contributed by atoms with van der Waals surface area (Å²) >= 11 is 30.2. The molecular formula is C56H88Cl2N16O7S8. The van der Waals surface area contributed by atoms with Gasteiger partial charge in [0, 0.05) is 95.7 Å². The molecule has 0 saturated carbocycles. The average molecular weight is 1420 g/mol. The van der Waals surface area contributed by atoms with Crippen molar-refractivity contribution in [3.8, 4) is 0 Å². The predicted octanol–water partition coefficient (Wildman–Crippen LogP) is 12.5. The van der Waals surface area contributed by atoms with E-state index in [0.29, 0.717) is 32.3 Å². The van der Waals surface area contributed by atoms with Crippen LogP contribution in [0.5, 0.6) is 0 Å². The van der Waals surface area contributed by atoms with E-state index in [4.69, 9.17) is 52.7 Å². The minimum atomic E-state index is -0.479. The Kier molecular flexibility index (Phi) is 40.4. The molecule has 23 nitrogen and oxygen atoms in total. The zero-order valence-corrected chi connectivity index (χ0v) is 62.1. The fourth-order valence-electron chi connectivity index (χ4n) is 7.19. The van der Waals surface area contributed by atoms with Gasteiger partial charge in [-0.15, -0.1) is 23.2 Å². The van der Waals surface area contributed by atoms with Crippen LogP contribution in [-0.4, -0.2) is 148 Å².